The Labute approximate surface area is 69.2 Å². The Morgan fingerprint density at radius 2 is 1.82 bits per heavy atom. The van der Waals surface area contributed by atoms with Crippen LogP contribution in [0, 0.1) is 12.8 Å². The first-order valence-corrected chi connectivity index (χ1v) is 4.03. The number of aliphatic hydroxyl groups excluding tert-OH is 1. The third-order valence-electron chi connectivity index (χ3n) is 2.03. The van der Waals surface area contributed by atoms with Crippen molar-refractivity contribution < 1.29 is 5.11 Å². The third-order valence-corrected chi connectivity index (χ3v) is 2.03. The van der Waals surface area contributed by atoms with Crippen LogP contribution in [-0.4, -0.2) is 35.7 Å². The SMILES string of the molecule is C#C.C[C@H](CO)N1CCCC1. The van der Waals surface area contributed by atoms with Crippen LogP contribution < -0.4 is 0 Å². The van der Waals surface area contributed by atoms with Gasteiger partial charge in [0.2, 0.25) is 0 Å². The van der Waals surface area contributed by atoms with Gasteiger partial charge in [-0.3, -0.25) is 4.90 Å². The highest BCUT2D eigenvalue weighted by Gasteiger charge is 2.16. The molecule has 2 heteroatoms. The van der Waals surface area contributed by atoms with Crippen LogP contribution in [0.4, 0.5) is 0 Å². The first-order valence-electron chi connectivity index (χ1n) is 4.03. The molecule has 0 aromatic carbocycles. The van der Waals surface area contributed by atoms with Crippen molar-refractivity contribution in [2.24, 2.45) is 0 Å². The number of terminal acetylenes is 1. The van der Waals surface area contributed by atoms with Crippen molar-refractivity contribution in [2.75, 3.05) is 19.7 Å². The fourth-order valence-electron chi connectivity index (χ4n) is 1.30. The molecule has 1 aliphatic rings. The second-order valence-corrected chi connectivity index (χ2v) is 2.77. The van der Waals surface area contributed by atoms with E-state index in [4.69, 9.17) is 5.11 Å². The quantitative estimate of drug-likeness (QED) is 0.594. The van der Waals surface area contributed by atoms with Crippen LogP contribution >= 0.6 is 0 Å². The number of rotatable bonds is 2. The maximum Gasteiger partial charge on any atom is 0.0584 e. The molecule has 0 aromatic heterocycles. The van der Waals surface area contributed by atoms with E-state index in [0.717, 1.165) is 0 Å². The fourth-order valence-corrected chi connectivity index (χ4v) is 1.30. The molecule has 1 fully saturated rings. The number of hydrogen-bond donors (Lipinski definition) is 1. The first-order chi connectivity index (χ1) is 5.34. The molecule has 1 N–H and O–H groups in total. The van der Waals surface area contributed by atoms with Gasteiger partial charge in [0.1, 0.15) is 0 Å². The number of likely N-dealkylation sites (tertiary alicyclic amines) is 1. The second-order valence-electron chi connectivity index (χ2n) is 2.77. The van der Waals surface area contributed by atoms with E-state index < -0.39 is 0 Å². The normalized spacial score (nSPS) is 20.4. The average molecular weight is 155 g/mol. The van der Waals surface area contributed by atoms with Gasteiger partial charge in [-0.25, -0.2) is 0 Å². The Morgan fingerprint density at radius 3 is 2.18 bits per heavy atom. The molecule has 1 saturated heterocycles. The molecule has 1 aliphatic heterocycles. The minimum absolute atomic E-state index is 0.306. The molecule has 0 aromatic rings. The highest BCUT2D eigenvalue weighted by Crippen LogP contribution is 2.10. The van der Waals surface area contributed by atoms with Gasteiger partial charge >= 0.3 is 0 Å². The van der Waals surface area contributed by atoms with Crippen LogP contribution in [-0.2, 0) is 0 Å². The highest BCUT2D eigenvalue weighted by molar-refractivity contribution is 4.71. The van der Waals surface area contributed by atoms with Crippen molar-refractivity contribution in [1.82, 2.24) is 4.90 Å². The molecule has 1 atom stereocenters. The summed E-state index contributed by atoms with van der Waals surface area (Å²) in [6.07, 6.45) is 10.6. The van der Waals surface area contributed by atoms with Crippen LogP contribution in [0.25, 0.3) is 0 Å². The standard InChI is InChI=1S/C7H15NO.C2H2/c1-7(6-9)8-4-2-3-5-8;1-2/h7,9H,2-6H2,1H3;1-2H/t7-;/m1./s1. The van der Waals surface area contributed by atoms with E-state index >= 15 is 0 Å². The van der Waals surface area contributed by atoms with Crippen molar-refractivity contribution in [3.05, 3.63) is 0 Å². The maximum absolute atomic E-state index is 8.75. The zero-order chi connectivity index (χ0) is 8.69. The van der Waals surface area contributed by atoms with Crippen LogP contribution in [0.15, 0.2) is 0 Å². The van der Waals surface area contributed by atoms with Gasteiger partial charge in [-0.15, -0.1) is 12.8 Å². The number of hydrogen-bond acceptors (Lipinski definition) is 2. The van der Waals surface area contributed by atoms with E-state index in [1.54, 1.807) is 0 Å². The molecule has 1 heterocycles. The molecule has 0 radical (unpaired) electrons. The fraction of sp³-hybridized carbons (Fsp3) is 0.778. The lowest BCUT2D eigenvalue weighted by Crippen LogP contribution is -2.32. The molecule has 0 aliphatic carbocycles. The van der Waals surface area contributed by atoms with Crippen molar-refractivity contribution in [3.8, 4) is 12.8 Å². The number of nitrogens with zero attached hydrogens (tertiary/aromatic N) is 1. The highest BCUT2D eigenvalue weighted by atomic mass is 16.3. The lowest BCUT2D eigenvalue weighted by atomic mass is 10.3. The monoisotopic (exact) mass is 155 g/mol. The summed E-state index contributed by atoms with van der Waals surface area (Å²) in [5.41, 5.74) is 0. The molecule has 11 heavy (non-hydrogen) atoms. The first kappa shape index (κ1) is 10.5. The van der Waals surface area contributed by atoms with E-state index in [-0.39, 0.29) is 0 Å². The van der Waals surface area contributed by atoms with Gasteiger partial charge in [-0.1, -0.05) is 0 Å². The Balaban J connectivity index is 0.000000461. The molecule has 0 amide bonds. The summed E-state index contributed by atoms with van der Waals surface area (Å²) >= 11 is 0. The lowest BCUT2D eigenvalue weighted by Gasteiger charge is -2.20. The third kappa shape index (κ3) is 3.41. The van der Waals surface area contributed by atoms with Crippen molar-refractivity contribution >= 4 is 0 Å². The Kier molecular flexibility index (Phi) is 5.91. The average Bonchev–Trinajstić information content (AvgIpc) is 2.59. The molecule has 0 saturated carbocycles. The van der Waals surface area contributed by atoms with Crippen LogP contribution in [0.3, 0.4) is 0 Å². The van der Waals surface area contributed by atoms with Crippen molar-refractivity contribution in [2.45, 2.75) is 25.8 Å². The van der Waals surface area contributed by atoms with Gasteiger partial charge in [0.15, 0.2) is 0 Å². The molecule has 2 nitrogen and oxygen atoms in total. The predicted molar refractivity (Wildman–Crippen MR) is 47.2 cm³/mol. The second kappa shape index (κ2) is 6.21. The van der Waals surface area contributed by atoms with E-state index in [1.807, 2.05) is 0 Å². The lowest BCUT2D eigenvalue weighted by molar-refractivity contribution is 0.158. The zero-order valence-corrected chi connectivity index (χ0v) is 7.16. The summed E-state index contributed by atoms with van der Waals surface area (Å²) in [7, 11) is 0. The molecular formula is C9H17NO. The van der Waals surface area contributed by atoms with Crippen LogP contribution in [0.1, 0.15) is 19.8 Å². The Bertz CT molecular complexity index is 105. The van der Waals surface area contributed by atoms with E-state index in [2.05, 4.69) is 24.7 Å². The summed E-state index contributed by atoms with van der Waals surface area (Å²) in [4.78, 5) is 2.33. The van der Waals surface area contributed by atoms with Gasteiger partial charge < -0.3 is 5.11 Å². The smallest absolute Gasteiger partial charge is 0.0584 e. The van der Waals surface area contributed by atoms with E-state index in [1.165, 1.54) is 25.9 Å². The summed E-state index contributed by atoms with van der Waals surface area (Å²) < 4.78 is 0. The van der Waals surface area contributed by atoms with Gasteiger partial charge in [-0.2, -0.15) is 0 Å². The Morgan fingerprint density at radius 1 is 1.36 bits per heavy atom. The summed E-state index contributed by atoms with van der Waals surface area (Å²) in [6.45, 7) is 4.74. The van der Waals surface area contributed by atoms with Gasteiger partial charge in [0.25, 0.3) is 0 Å². The number of aliphatic hydroxyl groups is 1. The molecule has 1 rings (SSSR count). The largest absolute Gasteiger partial charge is 0.395 e. The van der Waals surface area contributed by atoms with Crippen molar-refractivity contribution in [1.29, 1.82) is 0 Å². The molecule has 0 unspecified atom stereocenters. The maximum atomic E-state index is 8.75. The van der Waals surface area contributed by atoms with E-state index in [9.17, 15) is 0 Å². The molecule has 0 spiro atoms. The molecule has 64 valence electrons. The topological polar surface area (TPSA) is 23.5 Å². The van der Waals surface area contributed by atoms with Gasteiger partial charge in [-0.05, 0) is 32.9 Å². The summed E-state index contributed by atoms with van der Waals surface area (Å²) in [5.74, 6) is 0. The summed E-state index contributed by atoms with van der Waals surface area (Å²) in [6, 6.07) is 0.382. The van der Waals surface area contributed by atoms with E-state index in [0.29, 0.717) is 12.6 Å². The van der Waals surface area contributed by atoms with Gasteiger partial charge in [0, 0.05) is 6.04 Å². The van der Waals surface area contributed by atoms with Crippen molar-refractivity contribution in [3.63, 3.8) is 0 Å². The van der Waals surface area contributed by atoms with Crippen LogP contribution in [0.2, 0.25) is 0 Å². The van der Waals surface area contributed by atoms with Gasteiger partial charge in [0.05, 0.1) is 6.61 Å². The Hall–Kier alpha value is -0.520. The predicted octanol–water partition coefficient (Wildman–Crippen LogP) is 0.712. The molecule has 0 bridgehead atoms. The minimum Gasteiger partial charge on any atom is -0.395 e. The van der Waals surface area contributed by atoms with Crippen LogP contribution in [0.5, 0.6) is 0 Å². The molecular weight excluding hydrogens is 138 g/mol. The zero-order valence-electron chi connectivity index (χ0n) is 7.16. The summed E-state index contributed by atoms with van der Waals surface area (Å²) in [5, 5.41) is 8.75. The minimum atomic E-state index is 0.306.